The second-order valence-corrected chi connectivity index (χ2v) is 9.51. The molecule has 7 nitrogen and oxygen atoms in total. The minimum Gasteiger partial charge on any atom is -0.353 e. The van der Waals surface area contributed by atoms with Crippen molar-refractivity contribution in [3.8, 4) is 11.3 Å². The van der Waals surface area contributed by atoms with Gasteiger partial charge >= 0.3 is 0 Å². The quantitative estimate of drug-likeness (QED) is 0.567. The number of hydrogen-bond acceptors (Lipinski definition) is 4. The molecular formula is C27H30FN5O2. The van der Waals surface area contributed by atoms with Gasteiger partial charge in [0, 0.05) is 55.1 Å². The number of likely N-dealkylation sites (tertiary alicyclic amines) is 1. The first-order chi connectivity index (χ1) is 17.0. The van der Waals surface area contributed by atoms with E-state index in [0.717, 1.165) is 54.6 Å². The second-order valence-electron chi connectivity index (χ2n) is 9.51. The molecule has 1 N–H and O–H groups in total. The maximum Gasteiger partial charge on any atom is 0.244 e. The maximum atomic E-state index is 13.4. The average Bonchev–Trinajstić information content (AvgIpc) is 3.22. The molecule has 1 saturated carbocycles. The molecule has 2 aliphatic rings. The Labute approximate surface area is 204 Å². The van der Waals surface area contributed by atoms with Crippen molar-refractivity contribution >= 4 is 11.8 Å². The van der Waals surface area contributed by atoms with Gasteiger partial charge in [-0.1, -0.05) is 18.6 Å². The molecule has 3 heterocycles. The van der Waals surface area contributed by atoms with E-state index in [4.69, 9.17) is 5.10 Å². The van der Waals surface area contributed by atoms with Gasteiger partial charge in [-0.3, -0.25) is 19.3 Å². The molecule has 35 heavy (non-hydrogen) atoms. The molecule has 2 aromatic heterocycles. The van der Waals surface area contributed by atoms with Crippen LogP contribution >= 0.6 is 0 Å². The Hall–Kier alpha value is -3.55. The second kappa shape index (κ2) is 10.4. The van der Waals surface area contributed by atoms with Gasteiger partial charge in [0.15, 0.2) is 0 Å². The summed E-state index contributed by atoms with van der Waals surface area (Å²) in [6, 6.07) is 12.3. The first-order valence-corrected chi connectivity index (χ1v) is 12.3. The third-order valence-corrected chi connectivity index (χ3v) is 7.09. The van der Waals surface area contributed by atoms with Gasteiger partial charge in [-0.2, -0.15) is 5.10 Å². The summed E-state index contributed by atoms with van der Waals surface area (Å²) in [5, 5.41) is 7.89. The molecule has 5 rings (SSSR count). The molecule has 0 bridgehead atoms. The summed E-state index contributed by atoms with van der Waals surface area (Å²) >= 11 is 0. The Morgan fingerprint density at radius 3 is 2.37 bits per heavy atom. The number of piperidine rings is 1. The number of hydrogen-bond donors (Lipinski definition) is 1. The topological polar surface area (TPSA) is 80.1 Å². The van der Waals surface area contributed by atoms with Gasteiger partial charge in [0.2, 0.25) is 11.8 Å². The molecule has 1 aliphatic carbocycles. The summed E-state index contributed by atoms with van der Waals surface area (Å²) < 4.78 is 15.1. The van der Waals surface area contributed by atoms with Gasteiger partial charge in [0.25, 0.3) is 0 Å². The Kier molecular flexibility index (Phi) is 6.88. The third kappa shape index (κ3) is 5.58. The predicted molar refractivity (Wildman–Crippen MR) is 130 cm³/mol. The fourth-order valence-electron chi connectivity index (χ4n) is 4.70. The molecule has 0 spiro atoms. The highest BCUT2D eigenvalue weighted by molar-refractivity contribution is 5.80. The molecule has 2 fully saturated rings. The van der Waals surface area contributed by atoms with Crippen molar-refractivity contribution in [3.63, 3.8) is 0 Å². The van der Waals surface area contributed by atoms with Gasteiger partial charge in [-0.15, -0.1) is 0 Å². The molecule has 1 aliphatic heterocycles. The predicted octanol–water partition coefficient (Wildman–Crippen LogP) is 3.58. The van der Waals surface area contributed by atoms with Crippen LogP contribution in [0.25, 0.3) is 11.3 Å². The molecular weight excluding hydrogens is 445 g/mol. The van der Waals surface area contributed by atoms with E-state index in [1.54, 1.807) is 29.2 Å². The van der Waals surface area contributed by atoms with Crippen LogP contribution in [0.2, 0.25) is 0 Å². The number of nitrogens with zero attached hydrogens (tertiary/aromatic N) is 4. The molecule has 1 aromatic carbocycles. The van der Waals surface area contributed by atoms with E-state index in [1.165, 1.54) is 12.1 Å². The first kappa shape index (κ1) is 23.2. The van der Waals surface area contributed by atoms with Gasteiger partial charge < -0.3 is 10.2 Å². The first-order valence-electron chi connectivity index (χ1n) is 12.3. The zero-order valence-electron chi connectivity index (χ0n) is 19.7. The van der Waals surface area contributed by atoms with E-state index in [1.807, 2.05) is 23.1 Å². The lowest BCUT2D eigenvalue weighted by Crippen LogP contribution is -2.49. The largest absolute Gasteiger partial charge is 0.353 e. The standard InChI is InChI=1S/C27H30FN5O2/c28-22-6-4-19(5-7-22)16-24-17-25(20-8-12-29-13-9-20)31-33(24)18-26(34)32-14-10-23(11-15-32)30-27(35)21-2-1-3-21/h4-9,12-13,17,21,23H,1-3,10-11,14-16,18H2,(H,30,35). The van der Waals surface area contributed by atoms with Crippen molar-refractivity contribution in [2.75, 3.05) is 13.1 Å². The normalized spacial score (nSPS) is 16.7. The van der Waals surface area contributed by atoms with Crippen LogP contribution in [0.4, 0.5) is 4.39 Å². The van der Waals surface area contributed by atoms with E-state index < -0.39 is 0 Å². The number of aromatic nitrogens is 3. The van der Waals surface area contributed by atoms with Crippen LogP contribution in [-0.2, 0) is 22.6 Å². The number of amides is 2. The molecule has 1 saturated heterocycles. The van der Waals surface area contributed by atoms with Crippen molar-refractivity contribution < 1.29 is 14.0 Å². The number of halogens is 1. The Morgan fingerprint density at radius 1 is 1.00 bits per heavy atom. The SMILES string of the molecule is O=C(NC1CCN(C(=O)Cn2nc(-c3ccncc3)cc2Cc2ccc(F)cc2)CC1)C1CCC1. The van der Waals surface area contributed by atoms with E-state index >= 15 is 0 Å². The van der Waals surface area contributed by atoms with Crippen LogP contribution in [0.15, 0.2) is 54.9 Å². The fraction of sp³-hybridized carbons (Fsp3) is 0.407. The lowest BCUT2D eigenvalue weighted by atomic mass is 9.84. The minimum absolute atomic E-state index is 0.0125. The fourth-order valence-corrected chi connectivity index (χ4v) is 4.70. The smallest absolute Gasteiger partial charge is 0.244 e. The minimum atomic E-state index is -0.276. The van der Waals surface area contributed by atoms with Gasteiger partial charge in [0.1, 0.15) is 12.4 Å². The lowest BCUT2D eigenvalue weighted by Gasteiger charge is -2.34. The van der Waals surface area contributed by atoms with E-state index in [9.17, 15) is 14.0 Å². The molecule has 8 heteroatoms. The highest BCUT2D eigenvalue weighted by Crippen LogP contribution is 2.27. The summed E-state index contributed by atoms with van der Waals surface area (Å²) in [5.41, 5.74) is 3.54. The molecule has 0 radical (unpaired) electrons. The van der Waals surface area contributed by atoms with Crippen LogP contribution in [-0.4, -0.2) is 50.6 Å². The zero-order chi connectivity index (χ0) is 24.2. The van der Waals surface area contributed by atoms with Crippen molar-refractivity contribution in [1.29, 1.82) is 0 Å². The summed E-state index contributed by atoms with van der Waals surface area (Å²) in [5.74, 6) is 0.0935. The molecule has 182 valence electrons. The number of rotatable bonds is 7. The molecule has 0 unspecified atom stereocenters. The van der Waals surface area contributed by atoms with Gasteiger partial charge in [-0.05, 0) is 61.6 Å². The Bertz CT molecular complexity index is 1170. The van der Waals surface area contributed by atoms with E-state index in [0.29, 0.717) is 19.5 Å². The van der Waals surface area contributed by atoms with E-state index in [2.05, 4.69) is 10.3 Å². The van der Waals surface area contributed by atoms with Crippen LogP contribution in [0.5, 0.6) is 0 Å². The van der Waals surface area contributed by atoms with Crippen molar-refractivity contribution in [1.82, 2.24) is 25.0 Å². The highest BCUT2D eigenvalue weighted by Gasteiger charge is 2.29. The van der Waals surface area contributed by atoms with Gasteiger partial charge in [0.05, 0.1) is 5.69 Å². The zero-order valence-corrected chi connectivity index (χ0v) is 19.7. The summed E-state index contributed by atoms with van der Waals surface area (Å²) in [4.78, 5) is 31.4. The molecule has 0 atom stereocenters. The number of pyridine rings is 1. The van der Waals surface area contributed by atoms with Crippen LogP contribution < -0.4 is 5.32 Å². The van der Waals surface area contributed by atoms with Crippen molar-refractivity contribution in [2.24, 2.45) is 5.92 Å². The van der Waals surface area contributed by atoms with Gasteiger partial charge in [-0.25, -0.2) is 4.39 Å². The molecule has 2 amide bonds. The molecule has 3 aromatic rings. The maximum absolute atomic E-state index is 13.4. The van der Waals surface area contributed by atoms with Crippen LogP contribution in [0, 0.1) is 11.7 Å². The number of carbonyl (C=O) groups is 2. The Balaban J connectivity index is 1.25. The highest BCUT2D eigenvalue weighted by atomic mass is 19.1. The van der Waals surface area contributed by atoms with Crippen molar-refractivity contribution in [2.45, 2.75) is 51.1 Å². The average molecular weight is 476 g/mol. The third-order valence-electron chi connectivity index (χ3n) is 7.09. The number of benzene rings is 1. The monoisotopic (exact) mass is 475 g/mol. The number of carbonyl (C=O) groups excluding carboxylic acids is 2. The lowest BCUT2D eigenvalue weighted by molar-refractivity contribution is -0.133. The van der Waals surface area contributed by atoms with Crippen molar-refractivity contribution in [3.05, 3.63) is 71.9 Å². The Morgan fingerprint density at radius 2 is 1.71 bits per heavy atom. The van der Waals surface area contributed by atoms with E-state index in [-0.39, 0.29) is 36.1 Å². The summed E-state index contributed by atoms with van der Waals surface area (Å²) in [7, 11) is 0. The van der Waals surface area contributed by atoms with Crippen LogP contribution in [0.3, 0.4) is 0 Å². The van der Waals surface area contributed by atoms with Crippen LogP contribution in [0.1, 0.15) is 43.4 Å². The number of nitrogens with one attached hydrogen (secondary N) is 1. The summed E-state index contributed by atoms with van der Waals surface area (Å²) in [6.45, 7) is 1.39. The summed E-state index contributed by atoms with van der Waals surface area (Å²) in [6.07, 6.45) is 8.65.